The quantitative estimate of drug-likeness (QED) is 0.843. The number of aromatic nitrogens is 2. The van der Waals surface area contributed by atoms with Gasteiger partial charge in [-0.15, -0.1) is 0 Å². The molecule has 1 aromatic heterocycles. The lowest BCUT2D eigenvalue weighted by Crippen LogP contribution is -2.35. The van der Waals surface area contributed by atoms with E-state index in [1.165, 1.54) is 25.2 Å². The molecule has 2 saturated carbocycles. The van der Waals surface area contributed by atoms with Crippen LogP contribution >= 0.6 is 0 Å². The van der Waals surface area contributed by atoms with Gasteiger partial charge >= 0.3 is 0 Å². The molecule has 5 nitrogen and oxygen atoms in total. The predicted molar refractivity (Wildman–Crippen MR) is 63.2 cm³/mol. The molecule has 5 heteroatoms. The van der Waals surface area contributed by atoms with Crippen molar-refractivity contribution in [1.82, 2.24) is 14.9 Å². The van der Waals surface area contributed by atoms with Crippen LogP contribution in [0, 0.1) is 5.92 Å². The molecule has 0 spiro atoms. The topological polar surface area (TPSA) is 72.1 Å². The lowest BCUT2D eigenvalue weighted by Gasteiger charge is -2.21. The third-order valence-electron chi connectivity index (χ3n) is 3.27. The molecule has 1 amide bonds. The Kier molecular flexibility index (Phi) is 2.46. The molecule has 2 N–H and O–H groups in total. The van der Waals surface area contributed by atoms with Crippen LogP contribution in [-0.4, -0.2) is 33.4 Å². The Labute approximate surface area is 100 Å². The maximum absolute atomic E-state index is 12.3. The first kappa shape index (κ1) is 10.5. The number of hydrogen-bond donors (Lipinski definition) is 1. The summed E-state index contributed by atoms with van der Waals surface area (Å²) in [7, 11) is 0. The third kappa shape index (κ3) is 2.38. The Hall–Kier alpha value is -1.65. The summed E-state index contributed by atoms with van der Waals surface area (Å²) in [6.45, 7) is 0.875. The van der Waals surface area contributed by atoms with Gasteiger partial charge in [0.2, 0.25) is 0 Å². The van der Waals surface area contributed by atoms with E-state index in [-0.39, 0.29) is 5.91 Å². The van der Waals surface area contributed by atoms with Crippen LogP contribution < -0.4 is 5.73 Å². The van der Waals surface area contributed by atoms with Gasteiger partial charge in [-0.25, -0.2) is 4.98 Å². The van der Waals surface area contributed by atoms with E-state index in [9.17, 15) is 4.79 Å². The molecule has 3 rings (SSSR count). The van der Waals surface area contributed by atoms with Crippen LogP contribution in [0.15, 0.2) is 12.4 Å². The van der Waals surface area contributed by atoms with Crippen molar-refractivity contribution in [2.45, 2.75) is 31.7 Å². The number of carbonyl (C=O) groups is 1. The van der Waals surface area contributed by atoms with E-state index < -0.39 is 0 Å². The van der Waals surface area contributed by atoms with Gasteiger partial charge in [-0.3, -0.25) is 9.78 Å². The zero-order valence-corrected chi connectivity index (χ0v) is 9.67. The van der Waals surface area contributed by atoms with Gasteiger partial charge in [-0.05, 0) is 31.6 Å². The first-order valence-corrected chi connectivity index (χ1v) is 6.12. The highest BCUT2D eigenvalue weighted by Gasteiger charge is 2.37. The number of nitrogens with zero attached hydrogens (tertiary/aromatic N) is 3. The molecule has 17 heavy (non-hydrogen) atoms. The fraction of sp³-hybridized carbons (Fsp3) is 0.583. The second-order valence-electron chi connectivity index (χ2n) is 4.96. The van der Waals surface area contributed by atoms with Gasteiger partial charge in [0.1, 0.15) is 11.5 Å². The smallest absolute Gasteiger partial charge is 0.274 e. The molecule has 0 aliphatic heterocycles. The summed E-state index contributed by atoms with van der Waals surface area (Å²) in [5, 5.41) is 0. The van der Waals surface area contributed by atoms with Crippen molar-refractivity contribution in [1.29, 1.82) is 0 Å². The summed E-state index contributed by atoms with van der Waals surface area (Å²) in [5.74, 6) is 0.991. The summed E-state index contributed by atoms with van der Waals surface area (Å²) in [6.07, 6.45) is 7.70. The SMILES string of the molecule is Nc1cncc(C(=O)N(CC2CC2)C2CC2)n1. The molecule has 1 heterocycles. The number of amides is 1. The standard InChI is InChI=1S/C12H16N4O/c13-11-6-14-5-10(15-11)12(17)16(9-3-4-9)7-8-1-2-8/h5-6,8-9H,1-4,7H2,(H2,13,15). The number of carbonyl (C=O) groups excluding carboxylic acids is 1. The van der Waals surface area contributed by atoms with Gasteiger partial charge in [0.15, 0.2) is 0 Å². The largest absolute Gasteiger partial charge is 0.382 e. The predicted octanol–water partition coefficient (Wildman–Crippen LogP) is 1.07. The molecule has 2 fully saturated rings. The van der Waals surface area contributed by atoms with E-state index in [0.717, 1.165) is 19.4 Å². The van der Waals surface area contributed by atoms with Gasteiger partial charge in [-0.1, -0.05) is 0 Å². The van der Waals surface area contributed by atoms with Crippen LogP contribution in [0.5, 0.6) is 0 Å². The highest BCUT2D eigenvalue weighted by Crippen LogP contribution is 2.35. The number of nitrogens with two attached hydrogens (primary N) is 1. The van der Waals surface area contributed by atoms with E-state index in [4.69, 9.17) is 5.73 Å². The van der Waals surface area contributed by atoms with Gasteiger partial charge in [0.25, 0.3) is 5.91 Å². The minimum absolute atomic E-state index is 0.0146. The molecular weight excluding hydrogens is 216 g/mol. The van der Waals surface area contributed by atoms with Gasteiger partial charge in [0, 0.05) is 12.6 Å². The highest BCUT2D eigenvalue weighted by molar-refractivity contribution is 5.92. The zero-order valence-electron chi connectivity index (χ0n) is 9.67. The Balaban J connectivity index is 1.77. The van der Waals surface area contributed by atoms with E-state index in [0.29, 0.717) is 23.5 Å². The van der Waals surface area contributed by atoms with E-state index in [2.05, 4.69) is 9.97 Å². The fourth-order valence-corrected chi connectivity index (χ4v) is 1.99. The number of anilines is 1. The molecule has 1 aromatic rings. The first-order chi connectivity index (χ1) is 8.24. The van der Waals surface area contributed by atoms with E-state index in [1.807, 2.05) is 4.90 Å². The number of hydrogen-bond acceptors (Lipinski definition) is 4. The first-order valence-electron chi connectivity index (χ1n) is 6.12. The monoisotopic (exact) mass is 232 g/mol. The molecule has 0 aromatic carbocycles. The summed E-state index contributed by atoms with van der Waals surface area (Å²) in [5.41, 5.74) is 5.93. The average Bonchev–Trinajstić information content (AvgIpc) is 3.16. The Bertz CT molecular complexity index is 440. The van der Waals surface area contributed by atoms with Crippen LogP contribution in [0.25, 0.3) is 0 Å². The second-order valence-corrected chi connectivity index (χ2v) is 4.96. The van der Waals surface area contributed by atoms with Crippen LogP contribution in [0.2, 0.25) is 0 Å². The maximum atomic E-state index is 12.3. The molecule has 0 atom stereocenters. The van der Waals surface area contributed by atoms with Crippen LogP contribution in [0.3, 0.4) is 0 Å². The summed E-state index contributed by atoms with van der Waals surface area (Å²) in [6, 6.07) is 0.423. The van der Waals surface area contributed by atoms with Crippen molar-refractivity contribution in [3.63, 3.8) is 0 Å². The molecule has 0 saturated heterocycles. The van der Waals surface area contributed by atoms with Crippen molar-refractivity contribution >= 4 is 11.7 Å². The summed E-state index contributed by atoms with van der Waals surface area (Å²) in [4.78, 5) is 22.3. The summed E-state index contributed by atoms with van der Waals surface area (Å²) >= 11 is 0. The third-order valence-corrected chi connectivity index (χ3v) is 3.27. The van der Waals surface area contributed by atoms with E-state index >= 15 is 0 Å². The summed E-state index contributed by atoms with van der Waals surface area (Å²) < 4.78 is 0. The molecule has 0 radical (unpaired) electrons. The minimum Gasteiger partial charge on any atom is -0.382 e. The second kappa shape index (κ2) is 3.98. The molecule has 2 aliphatic rings. The van der Waals surface area contributed by atoms with Crippen LogP contribution in [-0.2, 0) is 0 Å². The van der Waals surface area contributed by atoms with E-state index in [1.54, 1.807) is 0 Å². The normalized spacial score (nSPS) is 19.1. The number of rotatable bonds is 4. The number of nitrogen functional groups attached to an aromatic ring is 1. The molecule has 0 unspecified atom stereocenters. The van der Waals surface area contributed by atoms with Crippen molar-refractivity contribution in [2.24, 2.45) is 5.92 Å². The molecule has 2 aliphatic carbocycles. The minimum atomic E-state index is -0.0146. The maximum Gasteiger partial charge on any atom is 0.274 e. The van der Waals surface area contributed by atoms with Crippen molar-refractivity contribution in [3.8, 4) is 0 Å². The molecule has 90 valence electrons. The van der Waals surface area contributed by atoms with Gasteiger partial charge in [0.05, 0.1) is 12.4 Å². The highest BCUT2D eigenvalue weighted by atomic mass is 16.2. The molecular formula is C12H16N4O. The fourth-order valence-electron chi connectivity index (χ4n) is 1.99. The lowest BCUT2D eigenvalue weighted by atomic mass is 10.3. The van der Waals surface area contributed by atoms with Gasteiger partial charge < -0.3 is 10.6 Å². The van der Waals surface area contributed by atoms with Gasteiger partial charge in [-0.2, -0.15) is 0 Å². The zero-order chi connectivity index (χ0) is 11.8. The Morgan fingerprint density at radius 2 is 2.12 bits per heavy atom. The Morgan fingerprint density at radius 1 is 1.35 bits per heavy atom. The van der Waals surface area contributed by atoms with Crippen LogP contribution in [0.1, 0.15) is 36.2 Å². The Morgan fingerprint density at radius 3 is 2.71 bits per heavy atom. The van der Waals surface area contributed by atoms with Crippen molar-refractivity contribution < 1.29 is 4.79 Å². The average molecular weight is 232 g/mol. The lowest BCUT2D eigenvalue weighted by molar-refractivity contribution is 0.0728. The molecule has 0 bridgehead atoms. The van der Waals surface area contributed by atoms with Crippen molar-refractivity contribution in [3.05, 3.63) is 18.1 Å². The van der Waals surface area contributed by atoms with Crippen LogP contribution in [0.4, 0.5) is 5.82 Å². The van der Waals surface area contributed by atoms with Crippen molar-refractivity contribution in [2.75, 3.05) is 12.3 Å².